The summed E-state index contributed by atoms with van der Waals surface area (Å²) in [5, 5.41) is 10.5. The average Bonchev–Trinajstić information content (AvgIpc) is 3.25. The molecule has 1 aliphatic heterocycles. The number of anilines is 2. The maximum absolute atomic E-state index is 12.8. The molecule has 3 aromatic rings. The second-order valence-electron chi connectivity index (χ2n) is 7.52. The lowest BCUT2D eigenvalue weighted by atomic mass is 10.0. The van der Waals surface area contributed by atoms with Gasteiger partial charge >= 0.3 is 0 Å². The van der Waals surface area contributed by atoms with E-state index in [0.29, 0.717) is 23.9 Å². The van der Waals surface area contributed by atoms with Gasteiger partial charge in [0.1, 0.15) is 17.6 Å². The first-order valence-corrected chi connectivity index (χ1v) is 10.5. The molecular weight excluding hydrogens is 392 g/mol. The number of carbonyl (C=O) groups is 2. The minimum Gasteiger partial charge on any atom is -0.492 e. The summed E-state index contributed by atoms with van der Waals surface area (Å²) in [5.74, 6) is 0.750. The van der Waals surface area contributed by atoms with Crippen molar-refractivity contribution in [3.05, 3.63) is 59.8 Å². The molecule has 1 unspecified atom stereocenters. The van der Waals surface area contributed by atoms with Gasteiger partial charge < -0.3 is 15.4 Å². The van der Waals surface area contributed by atoms with Crippen LogP contribution < -0.4 is 15.4 Å². The SMILES string of the molecule is CCOc1ccccc1NC(=O)CC1C(=O)Nc2c(-c3ccc(C)cc3)c(CC)nn21. The number of hydrogen-bond donors (Lipinski definition) is 2. The summed E-state index contributed by atoms with van der Waals surface area (Å²) in [6.45, 7) is 6.45. The highest BCUT2D eigenvalue weighted by Gasteiger charge is 2.36. The molecule has 0 saturated heterocycles. The largest absolute Gasteiger partial charge is 0.492 e. The molecular formula is C24H26N4O3. The van der Waals surface area contributed by atoms with E-state index in [1.54, 1.807) is 16.8 Å². The Morgan fingerprint density at radius 1 is 1.16 bits per heavy atom. The second kappa shape index (κ2) is 8.63. The first-order chi connectivity index (χ1) is 15.0. The summed E-state index contributed by atoms with van der Waals surface area (Å²) in [5.41, 5.74) is 4.56. The number of carbonyl (C=O) groups excluding carboxylic acids is 2. The second-order valence-corrected chi connectivity index (χ2v) is 7.52. The number of aromatic nitrogens is 2. The average molecular weight is 418 g/mol. The predicted octanol–water partition coefficient (Wildman–Crippen LogP) is 4.34. The van der Waals surface area contributed by atoms with Crippen molar-refractivity contribution in [2.75, 3.05) is 17.2 Å². The number of amides is 2. The van der Waals surface area contributed by atoms with E-state index in [0.717, 1.165) is 28.8 Å². The third-order valence-electron chi connectivity index (χ3n) is 5.34. The van der Waals surface area contributed by atoms with Crippen molar-refractivity contribution in [1.82, 2.24) is 9.78 Å². The summed E-state index contributed by atoms with van der Waals surface area (Å²) < 4.78 is 7.22. The summed E-state index contributed by atoms with van der Waals surface area (Å²) in [6, 6.07) is 14.7. The lowest BCUT2D eigenvalue weighted by Gasteiger charge is -2.13. The van der Waals surface area contributed by atoms with Crippen LogP contribution in [-0.4, -0.2) is 28.2 Å². The quantitative estimate of drug-likeness (QED) is 0.598. The highest BCUT2D eigenvalue weighted by molar-refractivity contribution is 6.04. The molecule has 0 spiro atoms. The first-order valence-electron chi connectivity index (χ1n) is 10.5. The number of nitrogens with one attached hydrogen (secondary N) is 2. The van der Waals surface area contributed by atoms with Crippen LogP contribution in [0.5, 0.6) is 5.75 Å². The van der Waals surface area contributed by atoms with E-state index in [9.17, 15) is 9.59 Å². The van der Waals surface area contributed by atoms with Gasteiger partial charge in [0.25, 0.3) is 5.91 Å². The van der Waals surface area contributed by atoms with Crippen molar-refractivity contribution in [3.63, 3.8) is 0 Å². The van der Waals surface area contributed by atoms with Crippen LogP contribution in [0, 0.1) is 6.92 Å². The number of aryl methyl sites for hydroxylation is 2. The minimum atomic E-state index is -0.696. The zero-order valence-corrected chi connectivity index (χ0v) is 17.9. The highest BCUT2D eigenvalue weighted by Crippen LogP contribution is 2.39. The minimum absolute atomic E-state index is 0.0164. The zero-order valence-electron chi connectivity index (χ0n) is 17.9. The number of rotatable bonds is 7. The molecule has 0 fully saturated rings. The van der Waals surface area contributed by atoms with Gasteiger partial charge in [0.2, 0.25) is 5.91 Å². The van der Waals surface area contributed by atoms with Gasteiger partial charge in [-0.25, -0.2) is 4.68 Å². The number of hydrogen-bond acceptors (Lipinski definition) is 4. The van der Waals surface area contributed by atoms with Crippen molar-refractivity contribution in [3.8, 4) is 16.9 Å². The van der Waals surface area contributed by atoms with E-state index in [4.69, 9.17) is 4.74 Å². The van der Waals surface area contributed by atoms with Gasteiger partial charge in [-0.15, -0.1) is 0 Å². The molecule has 1 aliphatic rings. The summed E-state index contributed by atoms with van der Waals surface area (Å²) >= 11 is 0. The van der Waals surface area contributed by atoms with Gasteiger partial charge in [0, 0.05) is 5.56 Å². The van der Waals surface area contributed by atoms with Crippen LogP contribution in [0.4, 0.5) is 11.5 Å². The normalized spacial score (nSPS) is 14.8. The maximum atomic E-state index is 12.8. The van der Waals surface area contributed by atoms with Crippen LogP contribution in [0.15, 0.2) is 48.5 Å². The molecule has 7 nitrogen and oxygen atoms in total. The smallest absolute Gasteiger partial charge is 0.251 e. The van der Waals surface area contributed by atoms with Crippen molar-refractivity contribution >= 4 is 23.3 Å². The summed E-state index contributed by atoms with van der Waals surface area (Å²) in [6.07, 6.45) is 0.706. The maximum Gasteiger partial charge on any atom is 0.251 e. The Labute approximate surface area is 181 Å². The fourth-order valence-electron chi connectivity index (χ4n) is 3.82. The third kappa shape index (κ3) is 4.03. The first kappa shape index (κ1) is 20.7. The van der Waals surface area contributed by atoms with E-state index in [2.05, 4.69) is 15.7 Å². The molecule has 0 aliphatic carbocycles. The molecule has 0 saturated carbocycles. The Kier molecular flexibility index (Phi) is 5.75. The Morgan fingerprint density at radius 2 is 1.90 bits per heavy atom. The fraction of sp³-hybridized carbons (Fsp3) is 0.292. The van der Waals surface area contributed by atoms with Crippen molar-refractivity contribution in [2.24, 2.45) is 0 Å². The van der Waals surface area contributed by atoms with E-state index < -0.39 is 6.04 Å². The number of nitrogens with zero attached hydrogens (tertiary/aromatic N) is 2. The number of ether oxygens (including phenoxy) is 1. The lowest BCUT2D eigenvalue weighted by molar-refractivity contribution is -0.123. The third-order valence-corrected chi connectivity index (χ3v) is 5.34. The molecule has 1 aromatic heterocycles. The zero-order chi connectivity index (χ0) is 22.0. The topological polar surface area (TPSA) is 85.2 Å². The standard InChI is InChI=1S/C24H26N4O3/c1-4-17-22(16-12-10-15(3)11-13-16)23-26-24(30)19(28(23)27-17)14-21(29)25-18-8-6-7-9-20(18)31-5-2/h6-13,19H,4-5,14H2,1-3H3,(H,25,29)(H,26,30). The Bertz CT molecular complexity index is 1120. The van der Waals surface area contributed by atoms with E-state index >= 15 is 0 Å². The molecule has 2 aromatic carbocycles. The van der Waals surface area contributed by atoms with Crippen LogP contribution >= 0.6 is 0 Å². The monoisotopic (exact) mass is 418 g/mol. The number of benzene rings is 2. The molecule has 31 heavy (non-hydrogen) atoms. The Hall–Kier alpha value is -3.61. The Balaban J connectivity index is 1.59. The predicted molar refractivity (Wildman–Crippen MR) is 120 cm³/mol. The Morgan fingerprint density at radius 3 is 2.61 bits per heavy atom. The van der Waals surface area contributed by atoms with Gasteiger partial charge in [-0.2, -0.15) is 5.10 Å². The summed E-state index contributed by atoms with van der Waals surface area (Å²) in [4.78, 5) is 25.5. The van der Waals surface area contributed by atoms with Gasteiger partial charge in [0.15, 0.2) is 0 Å². The van der Waals surface area contributed by atoms with E-state index in [1.165, 1.54) is 0 Å². The van der Waals surface area contributed by atoms with Crippen LogP contribution in [0.25, 0.3) is 11.1 Å². The van der Waals surface area contributed by atoms with Gasteiger partial charge in [-0.1, -0.05) is 48.9 Å². The van der Waals surface area contributed by atoms with Crippen molar-refractivity contribution < 1.29 is 14.3 Å². The molecule has 0 radical (unpaired) electrons. The fourth-order valence-corrected chi connectivity index (χ4v) is 3.82. The number of para-hydroxylation sites is 2. The van der Waals surface area contributed by atoms with Crippen LogP contribution in [0.2, 0.25) is 0 Å². The molecule has 2 heterocycles. The van der Waals surface area contributed by atoms with Crippen LogP contribution in [0.3, 0.4) is 0 Å². The van der Waals surface area contributed by atoms with Gasteiger partial charge in [-0.3, -0.25) is 9.59 Å². The van der Waals surface area contributed by atoms with Gasteiger partial charge in [-0.05, 0) is 38.0 Å². The van der Waals surface area contributed by atoms with Crippen molar-refractivity contribution in [2.45, 2.75) is 39.7 Å². The van der Waals surface area contributed by atoms with Crippen LogP contribution in [0.1, 0.15) is 37.6 Å². The summed E-state index contributed by atoms with van der Waals surface area (Å²) in [7, 11) is 0. The molecule has 2 N–H and O–H groups in total. The van der Waals surface area contributed by atoms with E-state index in [1.807, 2.05) is 57.2 Å². The van der Waals surface area contributed by atoms with Crippen molar-refractivity contribution in [1.29, 1.82) is 0 Å². The van der Waals surface area contributed by atoms with E-state index in [-0.39, 0.29) is 18.2 Å². The molecule has 4 rings (SSSR count). The molecule has 2 amide bonds. The molecule has 7 heteroatoms. The molecule has 0 bridgehead atoms. The van der Waals surface area contributed by atoms with Gasteiger partial charge in [0.05, 0.1) is 24.4 Å². The highest BCUT2D eigenvalue weighted by atomic mass is 16.5. The number of fused-ring (bicyclic) bond motifs is 1. The van der Waals surface area contributed by atoms with Crippen LogP contribution in [-0.2, 0) is 16.0 Å². The molecule has 160 valence electrons. The lowest BCUT2D eigenvalue weighted by Crippen LogP contribution is -2.24. The molecule has 1 atom stereocenters.